The highest BCUT2D eigenvalue weighted by Crippen LogP contribution is 2.53. The summed E-state index contributed by atoms with van der Waals surface area (Å²) in [5, 5.41) is 50.9. The molecule has 0 aromatic heterocycles. The molecule has 0 spiro atoms. The van der Waals surface area contributed by atoms with E-state index in [9.17, 15) is 25.7 Å². The van der Waals surface area contributed by atoms with Gasteiger partial charge in [0.15, 0.2) is 0 Å². The molecule has 3 aliphatic carbocycles. The van der Waals surface area contributed by atoms with Crippen molar-refractivity contribution in [3.63, 3.8) is 0 Å². The second-order valence-corrected chi connectivity index (χ2v) is 11.0. The Kier molecular flexibility index (Phi) is 7.36. The SMILES string of the molecule is COC(=C1C2CCCC1C1=C(CCCC1)C2)c1ccc(C#N)c(O[C@@H]2OC(CO)[C@@](C)(O)C(O)C2O)c1. The topological polar surface area (TPSA) is 132 Å². The molecule has 8 heteroatoms. The van der Waals surface area contributed by atoms with E-state index in [1.807, 2.05) is 6.07 Å². The minimum Gasteiger partial charge on any atom is -0.496 e. The number of methoxy groups -OCH3 is 1. The van der Waals surface area contributed by atoms with Crippen molar-refractivity contribution in [1.29, 1.82) is 5.26 Å². The lowest BCUT2D eigenvalue weighted by Crippen LogP contribution is -2.66. The van der Waals surface area contributed by atoms with Gasteiger partial charge in [-0.15, -0.1) is 0 Å². The number of aliphatic hydroxyl groups is 4. The molecule has 1 saturated heterocycles. The van der Waals surface area contributed by atoms with Crippen LogP contribution >= 0.6 is 0 Å². The molecule has 1 aliphatic heterocycles. The number of nitrogens with zero attached hydrogens (tertiary/aromatic N) is 1. The van der Waals surface area contributed by atoms with Gasteiger partial charge in [-0.05, 0) is 81.6 Å². The van der Waals surface area contributed by atoms with Gasteiger partial charge in [-0.3, -0.25) is 0 Å². The third-order valence-electron chi connectivity index (χ3n) is 8.79. The van der Waals surface area contributed by atoms with Crippen molar-refractivity contribution in [2.45, 2.75) is 88.5 Å². The van der Waals surface area contributed by atoms with Gasteiger partial charge < -0.3 is 34.6 Å². The van der Waals surface area contributed by atoms with E-state index in [-0.39, 0.29) is 11.3 Å². The van der Waals surface area contributed by atoms with Gasteiger partial charge in [0.2, 0.25) is 6.29 Å². The summed E-state index contributed by atoms with van der Waals surface area (Å²) in [6, 6.07) is 7.33. The maximum Gasteiger partial charge on any atom is 0.229 e. The van der Waals surface area contributed by atoms with E-state index in [4.69, 9.17) is 14.2 Å². The lowest BCUT2D eigenvalue weighted by atomic mass is 9.62. The molecule has 0 radical (unpaired) electrons. The molecule has 1 saturated carbocycles. The fourth-order valence-corrected chi connectivity index (χ4v) is 6.80. The minimum absolute atomic E-state index is 0.170. The highest BCUT2D eigenvalue weighted by atomic mass is 16.7. The van der Waals surface area contributed by atoms with Crippen LogP contribution < -0.4 is 4.74 Å². The van der Waals surface area contributed by atoms with E-state index in [0.29, 0.717) is 11.8 Å². The summed E-state index contributed by atoms with van der Waals surface area (Å²) in [5.74, 6) is 1.81. The molecule has 5 rings (SSSR count). The molecule has 37 heavy (non-hydrogen) atoms. The first-order valence-corrected chi connectivity index (χ1v) is 13.3. The van der Waals surface area contributed by atoms with Crippen molar-refractivity contribution in [1.82, 2.24) is 0 Å². The van der Waals surface area contributed by atoms with Gasteiger partial charge in [0.05, 0.1) is 19.3 Å². The fourth-order valence-electron chi connectivity index (χ4n) is 6.80. The first kappa shape index (κ1) is 26.2. The van der Waals surface area contributed by atoms with Gasteiger partial charge in [0, 0.05) is 11.5 Å². The first-order chi connectivity index (χ1) is 17.8. The summed E-state index contributed by atoms with van der Waals surface area (Å²) in [7, 11) is 1.68. The van der Waals surface area contributed by atoms with Crippen LogP contribution in [0.4, 0.5) is 0 Å². The Morgan fingerprint density at radius 2 is 1.97 bits per heavy atom. The van der Waals surface area contributed by atoms with Crippen molar-refractivity contribution in [2.75, 3.05) is 13.7 Å². The largest absolute Gasteiger partial charge is 0.496 e. The van der Waals surface area contributed by atoms with E-state index in [1.54, 1.807) is 30.4 Å². The molecule has 7 atom stereocenters. The summed E-state index contributed by atoms with van der Waals surface area (Å²) in [6.45, 7) is 0.701. The average Bonchev–Trinajstić information content (AvgIpc) is 2.90. The van der Waals surface area contributed by atoms with Crippen molar-refractivity contribution < 1.29 is 34.6 Å². The standard InChI is InChI=1S/C29H37NO7/c1-29(34)23(15-31)37-28(25(32)27(29)33)36-22-13-18(10-11-19(22)14-30)26(35-2)24-17-7-5-9-21(24)20-8-4-3-6-16(20)12-17/h10-11,13,17,21,23,25,27-28,31-34H,3-9,12,15H2,1-2H3/t17?,21?,23?,25?,27?,28-,29-/m1/s1. The molecule has 1 aromatic rings. The second kappa shape index (κ2) is 10.4. The molecule has 2 bridgehead atoms. The zero-order valence-electron chi connectivity index (χ0n) is 21.5. The van der Waals surface area contributed by atoms with Crippen LogP contribution in [0.2, 0.25) is 0 Å². The van der Waals surface area contributed by atoms with Gasteiger partial charge in [-0.1, -0.05) is 17.6 Å². The van der Waals surface area contributed by atoms with Crippen LogP contribution in [-0.4, -0.2) is 64.3 Å². The Bertz CT molecular complexity index is 1130. The summed E-state index contributed by atoms with van der Waals surface area (Å²) < 4.78 is 17.6. The Morgan fingerprint density at radius 3 is 2.70 bits per heavy atom. The number of benzene rings is 1. The van der Waals surface area contributed by atoms with Crippen LogP contribution in [0, 0.1) is 23.2 Å². The third kappa shape index (κ3) is 4.58. The van der Waals surface area contributed by atoms with Crippen LogP contribution in [0.5, 0.6) is 5.75 Å². The van der Waals surface area contributed by atoms with Gasteiger partial charge >= 0.3 is 0 Å². The normalized spacial score (nSPS) is 36.9. The maximum atomic E-state index is 10.6. The first-order valence-electron chi connectivity index (χ1n) is 13.3. The van der Waals surface area contributed by atoms with Gasteiger partial charge in [0.1, 0.15) is 41.5 Å². The highest BCUT2D eigenvalue weighted by Gasteiger charge is 2.52. The maximum absolute atomic E-state index is 10.6. The summed E-state index contributed by atoms with van der Waals surface area (Å²) in [5.41, 5.74) is 3.73. The smallest absolute Gasteiger partial charge is 0.229 e. The quantitative estimate of drug-likeness (QED) is 0.350. The molecule has 4 aliphatic rings. The van der Waals surface area contributed by atoms with Crippen molar-refractivity contribution in [2.24, 2.45) is 11.8 Å². The molecule has 8 nitrogen and oxygen atoms in total. The van der Waals surface area contributed by atoms with Crippen LogP contribution in [0.1, 0.15) is 69.4 Å². The van der Waals surface area contributed by atoms with E-state index < -0.39 is 36.8 Å². The number of hydrogen-bond acceptors (Lipinski definition) is 8. The van der Waals surface area contributed by atoms with Crippen LogP contribution in [0.3, 0.4) is 0 Å². The summed E-state index contributed by atoms with van der Waals surface area (Å²) in [6.07, 6.45) is 3.67. The molecule has 2 fully saturated rings. The van der Waals surface area contributed by atoms with Crippen molar-refractivity contribution in [3.8, 4) is 11.8 Å². The molecule has 200 valence electrons. The Morgan fingerprint density at radius 1 is 1.19 bits per heavy atom. The number of allylic oxidation sites excluding steroid dienone is 3. The monoisotopic (exact) mass is 511 g/mol. The molecule has 0 amide bonds. The van der Waals surface area contributed by atoms with Gasteiger partial charge in [-0.25, -0.2) is 0 Å². The van der Waals surface area contributed by atoms with Gasteiger partial charge in [0.25, 0.3) is 0 Å². The van der Waals surface area contributed by atoms with E-state index in [2.05, 4.69) is 6.07 Å². The zero-order chi connectivity index (χ0) is 26.3. The van der Waals surface area contributed by atoms with E-state index in [0.717, 1.165) is 37.0 Å². The predicted octanol–water partition coefficient (Wildman–Crippen LogP) is 3.18. The highest BCUT2D eigenvalue weighted by molar-refractivity contribution is 5.68. The Balaban J connectivity index is 1.51. The lowest BCUT2D eigenvalue weighted by molar-refractivity contribution is -0.308. The molecule has 1 heterocycles. The molecular formula is C29H37NO7. The molecule has 4 N–H and O–H groups in total. The van der Waals surface area contributed by atoms with Crippen molar-refractivity contribution >= 4 is 5.76 Å². The Hall–Kier alpha value is -2.41. The number of aliphatic hydroxyl groups excluding tert-OH is 3. The number of rotatable bonds is 5. The fraction of sp³-hybridized carbons (Fsp3) is 0.621. The Labute approximate surface area is 217 Å². The van der Waals surface area contributed by atoms with Crippen LogP contribution in [-0.2, 0) is 9.47 Å². The second-order valence-electron chi connectivity index (χ2n) is 11.0. The van der Waals surface area contributed by atoms with E-state index in [1.165, 1.54) is 38.2 Å². The van der Waals surface area contributed by atoms with Gasteiger partial charge in [-0.2, -0.15) is 5.26 Å². The summed E-state index contributed by atoms with van der Waals surface area (Å²) >= 11 is 0. The number of nitriles is 1. The van der Waals surface area contributed by atoms with Crippen LogP contribution in [0.25, 0.3) is 5.76 Å². The number of hydrogen-bond donors (Lipinski definition) is 4. The predicted molar refractivity (Wildman–Crippen MR) is 135 cm³/mol. The lowest BCUT2D eigenvalue weighted by Gasteiger charge is -2.45. The van der Waals surface area contributed by atoms with Crippen LogP contribution in [0.15, 0.2) is 34.9 Å². The number of fused-ring (bicyclic) bond motifs is 3. The zero-order valence-corrected chi connectivity index (χ0v) is 21.5. The average molecular weight is 512 g/mol. The summed E-state index contributed by atoms with van der Waals surface area (Å²) in [4.78, 5) is 0. The van der Waals surface area contributed by atoms with E-state index >= 15 is 0 Å². The number of ether oxygens (including phenoxy) is 3. The molecule has 5 unspecified atom stereocenters. The molecular weight excluding hydrogens is 474 g/mol. The molecule has 1 aromatic carbocycles. The van der Waals surface area contributed by atoms with Crippen molar-refractivity contribution in [3.05, 3.63) is 46.0 Å². The minimum atomic E-state index is -1.87. The third-order valence-corrected chi connectivity index (χ3v) is 8.79.